The van der Waals surface area contributed by atoms with E-state index in [2.05, 4.69) is 64.9 Å². The monoisotopic (exact) mass is 587 g/mol. The fourth-order valence-corrected chi connectivity index (χ4v) is 6.25. The number of likely N-dealkylation sites (tertiary alicyclic amines) is 1. The van der Waals surface area contributed by atoms with Gasteiger partial charge in [-0.2, -0.15) is 0 Å². The Balaban J connectivity index is 1.37. The Morgan fingerprint density at radius 1 is 1.00 bits per heavy atom. The second-order valence-corrected chi connectivity index (χ2v) is 11.6. The lowest BCUT2D eigenvalue weighted by molar-refractivity contribution is -0.276. The van der Waals surface area contributed by atoms with Crippen LogP contribution in [-0.2, 0) is 27.4 Å². The molecule has 3 aromatic carbocycles. The highest BCUT2D eigenvalue weighted by Crippen LogP contribution is 2.42. The Bertz CT molecular complexity index is 1320. The minimum absolute atomic E-state index is 0.0169. The molecule has 8 nitrogen and oxygen atoms in total. The number of nitrogens with zero attached hydrogens (tertiary/aromatic N) is 1. The van der Waals surface area contributed by atoms with E-state index in [-0.39, 0.29) is 30.8 Å². The van der Waals surface area contributed by atoms with Gasteiger partial charge in [-0.1, -0.05) is 79.7 Å². The third-order valence-corrected chi connectivity index (χ3v) is 8.68. The fourth-order valence-electron chi connectivity index (χ4n) is 6.25. The van der Waals surface area contributed by atoms with E-state index in [1.807, 2.05) is 37.3 Å². The van der Waals surface area contributed by atoms with Crippen molar-refractivity contribution in [3.63, 3.8) is 0 Å². The molecule has 2 amide bonds. The lowest BCUT2D eigenvalue weighted by Crippen LogP contribution is -2.46. The summed E-state index contributed by atoms with van der Waals surface area (Å²) >= 11 is 0. The molecule has 0 bridgehead atoms. The predicted molar refractivity (Wildman–Crippen MR) is 167 cm³/mol. The molecule has 5 unspecified atom stereocenters. The highest BCUT2D eigenvalue weighted by molar-refractivity contribution is 5.74. The van der Waals surface area contributed by atoms with Crippen LogP contribution >= 0.6 is 0 Å². The van der Waals surface area contributed by atoms with Crippen molar-refractivity contribution in [2.75, 3.05) is 33.4 Å². The van der Waals surface area contributed by atoms with Crippen LogP contribution < -0.4 is 10.6 Å². The molecular formula is C35H45N3O5. The summed E-state index contributed by atoms with van der Waals surface area (Å²) < 4.78 is 18.9. The summed E-state index contributed by atoms with van der Waals surface area (Å²) in [5.74, 6) is 0.128. The SMILES string of the molecule is CCNC(=O)NCc1ccccc1-c1ccc(C2OC(CN3CCCC3COC)C(C)C(c3ccc(CO)cc3)O2)cc1. The highest BCUT2D eigenvalue weighted by atomic mass is 16.7. The maximum atomic E-state index is 12.0. The number of rotatable bonds is 11. The van der Waals surface area contributed by atoms with Crippen molar-refractivity contribution >= 4 is 6.03 Å². The van der Waals surface area contributed by atoms with Crippen LogP contribution in [0.1, 0.15) is 61.3 Å². The second-order valence-electron chi connectivity index (χ2n) is 11.6. The van der Waals surface area contributed by atoms with Crippen LogP contribution in [0.2, 0.25) is 0 Å². The van der Waals surface area contributed by atoms with Crippen LogP contribution in [0.5, 0.6) is 0 Å². The summed E-state index contributed by atoms with van der Waals surface area (Å²) in [7, 11) is 1.77. The first-order valence-corrected chi connectivity index (χ1v) is 15.4. The lowest BCUT2D eigenvalue weighted by atomic mass is 9.89. The number of hydrogen-bond acceptors (Lipinski definition) is 6. The van der Waals surface area contributed by atoms with Crippen LogP contribution in [-0.4, -0.2) is 61.5 Å². The van der Waals surface area contributed by atoms with Crippen molar-refractivity contribution in [1.29, 1.82) is 0 Å². The van der Waals surface area contributed by atoms with Gasteiger partial charge in [0.25, 0.3) is 0 Å². The molecule has 0 spiro atoms. The maximum absolute atomic E-state index is 12.0. The molecule has 0 aromatic heterocycles. The first-order chi connectivity index (χ1) is 21.0. The molecule has 230 valence electrons. The van der Waals surface area contributed by atoms with Crippen LogP contribution in [0.4, 0.5) is 4.79 Å². The Kier molecular flexibility index (Phi) is 10.8. The molecule has 5 atom stereocenters. The zero-order valence-corrected chi connectivity index (χ0v) is 25.5. The fraction of sp³-hybridized carbons (Fsp3) is 0.457. The van der Waals surface area contributed by atoms with Crippen molar-refractivity contribution in [1.82, 2.24) is 15.5 Å². The van der Waals surface area contributed by atoms with Gasteiger partial charge < -0.3 is 30.0 Å². The number of methoxy groups -OCH3 is 1. The Morgan fingerprint density at radius 2 is 1.74 bits per heavy atom. The normalized spacial score (nSPS) is 24.1. The van der Waals surface area contributed by atoms with E-state index in [1.165, 1.54) is 6.42 Å². The minimum Gasteiger partial charge on any atom is -0.392 e. The first kappa shape index (κ1) is 31.2. The molecule has 2 saturated heterocycles. The number of ether oxygens (including phenoxy) is 3. The summed E-state index contributed by atoms with van der Waals surface area (Å²) in [5.41, 5.74) is 6.11. The van der Waals surface area contributed by atoms with Gasteiger partial charge in [0.05, 0.1) is 25.4 Å². The standard InChI is InChI=1S/C35H45N3O5/c1-4-36-35(40)37-20-29-8-5-6-10-31(29)26-15-17-28(18-16-26)34-42-32(21-38-19-7-9-30(38)23-41-3)24(2)33(43-34)27-13-11-25(22-39)12-14-27/h5-6,8,10-18,24,30,32-34,39H,4,7,9,19-23H2,1-3H3,(H2,36,37,40). The van der Waals surface area contributed by atoms with E-state index >= 15 is 0 Å². The molecule has 2 aliphatic heterocycles. The molecule has 2 fully saturated rings. The molecule has 3 N–H and O–H groups in total. The lowest BCUT2D eigenvalue weighted by Gasteiger charge is -2.43. The number of carbonyl (C=O) groups excluding carboxylic acids is 1. The number of aliphatic hydroxyl groups excluding tert-OH is 1. The van der Waals surface area contributed by atoms with Gasteiger partial charge in [0.2, 0.25) is 0 Å². The Morgan fingerprint density at radius 3 is 2.47 bits per heavy atom. The quantitative estimate of drug-likeness (QED) is 0.272. The third-order valence-electron chi connectivity index (χ3n) is 8.68. The summed E-state index contributed by atoms with van der Waals surface area (Å²) in [6, 6.07) is 24.8. The van der Waals surface area contributed by atoms with E-state index < -0.39 is 6.29 Å². The number of aliphatic hydroxyl groups is 1. The van der Waals surface area contributed by atoms with Gasteiger partial charge in [-0.15, -0.1) is 0 Å². The molecule has 2 aliphatic rings. The average Bonchev–Trinajstić information content (AvgIpc) is 3.48. The number of amides is 2. The zero-order chi connectivity index (χ0) is 30.2. The molecule has 0 radical (unpaired) electrons. The van der Waals surface area contributed by atoms with Crippen molar-refractivity contribution < 1.29 is 24.1 Å². The van der Waals surface area contributed by atoms with Crippen molar-refractivity contribution in [2.24, 2.45) is 5.92 Å². The molecule has 0 aliphatic carbocycles. The van der Waals surface area contributed by atoms with E-state index in [1.54, 1.807) is 7.11 Å². The topological polar surface area (TPSA) is 92.3 Å². The summed E-state index contributed by atoms with van der Waals surface area (Å²) in [6.45, 7) is 7.75. The van der Waals surface area contributed by atoms with E-state index in [0.29, 0.717) is 19.1 Å². The number of benzene rings is 3. The average molecular weight is 588 g/mol. The van der Waals surface area contributed by atoms with Gasteiger partial charge in [-0.25, -0.2) is 4.79 Å². The molecule has 5 rings (SSSR count). The Labute approximate surface area is 255 Å². The van der Waals surface area contributed by atoms with Gasteiger partial charge in [-0.05, 0) is 54.1 Å². The van der Waals surface area contributed by atoms with Crippen LogP contribution in [0.15, 0.2) is 72.8 Å². The summed E-state index contributed by atoms with van der Waals surface area (Å²) in [4.78, 5) is 14.5. The van der Waals surface area contributed by atoms with Crippen LogP contribution in [0.3, 0.4) is 0 Å². The van der Waals surface area contributed by atoms with Crippen molar-refractivity contribution in [2.45, 2.75) is 64.4 Å². The number of nitrogens with one attached hydrogen (secondary N) is 2. The molecule has 2 heterocycles. The molecular weight excluding hydrogens is 542 g/mol. The minimum atomic E-state index is -0.518. The number of hydrogen-bond donors (Lipinski definition) is 3. The molecule has 8 heteroatoms. The number of urea groups is 1. The van der Waals surface area contributed by atoms with Gasteiger partial charge in [-0.3, -0.25) is 4.90 Å². The molecule has 43 heavy (non-hydrogen) atoms. The zero-order valence-electron chi connectivity index (χ0n) is 25.5. The number of carbonyl (C=O) groups is 1. The van der Waals surface area contributed by atoms with Gasteiger partial charge in [0, 0.05) is 44.3 Å². The third kappa shape index (κ3) is 7.63. The first-order valence-electron chi connectivity index (χ1n) is 15.4. The van der Waals surface area contributed by atoms with Gasteiger partial charge >= 0.3 is 6.03 Å². The Hall–Kier alpha value is -3.27. The van der Waals surface area contributed by atoms with Gasteiger partial charge in [0.15, 0.2) is 6.29 Å². The summed E-state index contributed by atoms with van der Waals surface area (Å²) in [5, 5.41) is 15.3. The maximum Gasteiger partial charge on any atom is 0.315 e. The smallest absolute Gasteiger partial charge is 0.315 e. The van der Waals surface area contributed by atoms with Crippen molar-refractivity contribution in [3.8, 4) is 11.1 Å². The largest absolute Gasteiger partial charge is 0.392 e. The molecule has 0 saturated carbocycles. The molecule has 3 aromatic rings. The predicted octanol–water partition coefficient (Wildman–Crippen LogP) is 5.57. The van der Waals surface area contributed by atoms with Crippen LogP contribution in [0, 0.1) is 5.92 Å². The van der Waals surface area contributed by atoms with E-state index in [4.69, 9.17) is 14.2 Å². The highest BCUT2D eigenvalue weighted by Gasteiger charge is 2.40. The summed E-state index contributed by atoms with van der Waals surface area (Å²) in [6.07, 6.45) is 1.61. The second kappa shape index (κ2) is 14.9. The van der Waals surface area contributed by atoms with Crippen LogP contribution in [0.25, 0.3) is 11.1 Å². The van der Waals surface area contributed by atoms with E-state index in [0.717, 1.165) is 59.5 Å². The van der Waals surface area contributed by atoms with Gasteiger partial charge in [0.1, 0.15) is 0 Å². The van der Waals surface area contributed by atoms with E-state index in [9.17, 15) is 9.90 Å². The van der Waals surface area contributed by atoms with Crippen molar-refractivity contribution in [3.05, 3.63) is 95.1 Å².